The van der Waals surface area contributed by atoms with Gasteiger partial charge < -0.3 is 10.9 Å². The highest BCUT2D eigenvalue weighted by atomic mass is 32.2. The van der Waals surface area contributed by atoms with E-state index in [1.807, 2.05) is 13.0 Å². The van der Waals surface area contributed by atoms with E-state index in [1.54, 1.807) is 12.1 Å². The Bertz CT molecular complexity index is 569. The molecular formula is C10H11N5OS2. The number of amidine groups is 1. The molecule has 0 bridgehead atoms. The van der Waals surface area contributed by atoms with E-state index < -0.39 is 0 Å². The van der Waals surface area contributed by atoms with Gasteiger partial charge in [0.15, 0.2) is 10.2 Å². The summed E-state index contributed by atoms with van der Waals surface area (Å²) in [6, 6.07) is 5.31. The molecule has 0 aliphatic heterocycles. The van der Waals surface area contributed by atoms with Crippen LogP contribution in [0.15, 0.2) is 32.7 Å². The zero-order valence-corrected chi connectivity index (χ0v) is 11.2. The maximum absolute atomic E-state index is 8.60. The molecular weight excluding hydrogens is 270 g/mol. The lowest BCUT2D eigenvalue weighted by molar-refractivity contribution is 0.318. The highest BCUT2D eigenvalue weighted by molar-refractivity contribution is 8.00. The molecule has 0 radical (unpaired) electrons. The van der Waals surface area contributed by atoms with Gasteiger partial charge in [0.2, 0.25) is 0 Å². The molecule has 0 aliphatic carbocycles. The van der Waals surface area contributed by atoms with E-state index in [2.05, 4.69) is 19.5 Å². The van der Waals surface area contributed by atoms with Gasteiger partial charge in [0.25, 0.3) is 0 Å². The summed E-state index contributed by atoms with van der Waals surface area (Å²) in [5.74, 6) is 0.819. The summed E-state index contributed by atoms with van der Waals surface area (Å²) in [5.41, 5.74) is 5.92. The van der Waals surface area contributed by atoms with Crippen molar-refractivity contribution < 1.29 is 5.21 Å². The number of hydrogen-bond acceptors (Lipinski definition) is 7. The van der Waals surface area contributed by atoms with Crippen LogP contribution in [0.25, 0.3) is 0 Å². The number of rotatable bonds is 4. The van der Waals surface area contributed by atoms with Gasteiger partial charge in [0.1, 0.15) is 16.5 Å². The lowest BCUT2D eigenvalue weighted by atomic mass is 10.3. The van der Waals surface area contributed by atoms with Crippen LogP contribution in [0, 0.1) is 0 Å². The Balaban J connectivity index is 2.19. The first-order valence-electron chi connectivity index (χ1n) is 5.18. The molecule has 0 atom stereocenters. The van der Waals surface area contributed by atoms with Crippen molar-refractivity contribution >= 4 is 29.1 Å². The SMILES string of the molecule is CCc1nsc(Sc2cccc(C(N)=NO)n2)n1. The maximum atomic E-state index is 8.60. The van der Waals surface area contributed by atoms with Crippen LogP contribution in [0.3, 0.4) is 0 Å². The van der Waals surface area contributed by atoms with Crippen molar-refractivity contribution in [3.8, 4) is 0 Å². The first kappa shape index (κ1) is 12.8. The molecule has 6 nitrogen and oxygen atoms in total. The summed E-state index contributed by atoms with van der Waals surface area (Å²) in [6.07, 6.45) is 0.814. The first-order valence-corrected chi connectivity index (χ1v) is 6.77. The van der Waals surface area contributed by atoms with Crippen molar-refractivity contribution in [3.05, 3.63) is 29.7 Å². The van der Waals surface area contributed by atoms with Crippen molar-refractivity contribution in [2.45, 2.75) is 22.7 Å². The molecule has 0 saturated carbocycles. The molecule has 0 unspecified atom stereocenters. The molecule has 0 amide bonds. The minimum atomic E-state index is -0.0102. The molecule has 0 saturated heterocycles. The Morgan fingerprint density at radius 3 is 3.00 bits per heavy atom. The molecule has 8 heteroatoms. The predicted octanol–water partition coefficient (Wildman–Crippen LogP) is 1.74. The summed E-state index contributed by atoms with van der Waals surface area (Å²) >= 11 is 2.75. The Kier molecular flexibility index (Phi) is 4.11. The molecule has 2 rings (SSSR count). The first-order chi connectivity index (χ1) is 8.72. The fourth-order valence-corrected chi connectivity index (χ4v) is 2.82. The molecule has 3 N–H and O–H groups in total. The smallest absolute Gasteiger partial charge is 0.188 e. The van der Waals surface area contributed by atoms with Gasteiger partial charge in [0.05, 0.1) is 0 Å². The zero-order chi connectivity index (χ0) is 13.0. The largest absolute Gasteiger partial charge is 0.409 e. The van der Waals surface area contributed by atoms with Crippen molar-refractivity contribution in [2.24, 2.45) is 10.9 Å². The van der Waals surface area contributed by atoms with Crippen LogP contribution in [-0.4, -0.2) is 25.4 Å². The maximum Gasteiger partial charge on any atom is 0.188 e. The van der Waals surface area contributed by atoms with Crippen LogP contribution in [0.4, 0.5) is 0 Å². The van der Waals surface area contributed by atoms with Gasteiger partial charge >= 0.3 is 0 Å². The van der Waals surface area contributed by atoms with Crippen molar-refractivity contribution in [3.63, 3.8) is 0 Å². The van der Waals surface area contributed by atoms with E-state index in [0.29, 0.717) is 5.69 Å². The third kappa shape index (κ3) is 2.96. The number of nitrogens with two attached hydrogens (primary N) is 1. The lowest BCUT2D eigenvalue weighted by Crippen LogP contribution is -2.14. The Hall–Kier alpha value is -1.67. The van der Waals surface area contributed by atoms with Crippen LogP contribution in [0.1, 0.15) is 18.4 Å². The lowest BCUT2D eigenvalue weighted by Gasteiger charge is -2.00. The summed E-state index contributed by atoms with van der Waals surface area (Å²) in [7, 11) is 0. The van der Waals surface area contributed by atoms with Crippen LogP contribution in [0.2, 0.25) is 0 Å². The minimum Gasteiger partial charge on any atom is -0.409 e. The van der Waals surface area contributed by atoms with Crippen LogP contribution < -0.4 is 5.73 Å². The fourth-order valence-electron chi connectivity index (χ4n) is 1.18. The second-order valence-electron chi connectivity index (χ2n) is 3.28. The van der Waals surface area contributed by atoms with Gasteiger partial charge in [-0.15, -0.1) is 0 Å². The van der Waals surface area contributed by atoms with E-state index >= 15 is 0 Å². The van der Waals surface area contributed by atoms with E-state index in [4.69, 9.17) is 10.9 Å². The standard InChI is InChI=1S/C10H11N5OS2/c1-2-7-13-10(18-15-7)17-8-5-3-4-6(12-8)9(11)14-16/h3-5,16H,2H2,1H3,(H2,11,14). The molecule has 2 aromatic heterocycles. The highest BCUT2D eigenvalue weighted by Crippen LogP contribution is 2.27. The molecule has 0 spiro atoms. The number of pyridine rings is 1. The van der Waals surface area contributed by atoms with Gasteiger partial charge in [-0.1, -0.05) is 18.1 Å². The fraction of sp³-hybridized carbons (Fsp3) is 0.200. The monoisotopic (exact) mass is 281 g/mol. The van der Waals surface area contributed by atoms with E-state index in [-0.39, 0.29) is 5.84 Å². The Morgan fingerprint density at radius 1 is 1.50 bits per heavy atom. The van der Waals surface area contributed by atoms with Crippen LogP contribution in [-0.2, 0) is 6.42 Å². The van der Waals surface area contributed by atoms with Crippen molar-refractivity contribution in [1.82, 2.24) is 14.3 Å². The molecule has 94 valence electrons. The second-order valence-corrected chi connectivity index (χ2v) is 5.30. The average molecular weight is 281 g/mol. The second kappa shape index (κ2) is 5.78. The summed E-state index contributed by atoms with van der Waals surface area (Å²) in [5, 5.41) is 12.3. The molecule has 2 heterocycles. The zero-order valence-electron chi connectivity index (χ0n) is 9.57. The minimum absolute atomic E-state index is 0.0102. The molecule has 0 aliphatic rings. The number of hydrogen-bond donors (Lipinski definition) is 2. The van der Waals surface area contributed by atoms with E-state index in [1.165, 1.54) is 23.3 Å². The summed E-state index contributed by atoms with van der Waals surface area (Å²) < 4.78 is 5.03. The molecule has 0 fully saturated rings. The topological polar surface area (TPSA) is 97.3 Å². The molecule has 18 heavy (non-hydrogen) atoms. The molecule has 0 aromatic carbocycles. The Labute approximate surface area is 112 Å². The van der Waals surface area contributed by atoms with E-state index in [0.717, 1.165) is 21.6 Å². The van der Waals surface area contributed by atoms with Gasteiger partial charge in [-0.3, -0.25) is 0 Å². The van der Waals surface area contributed by atoms with Crippen LogP contribution in [0.5, 0.6) is 0 Å². The Morgan fingerprint density at radius 2 is 2.33 bits per heavy atom. The van der Waals surface area contributed by atoms with Gasteiger partial charge in [-0.05, 0) is 35.4 Å². The quantitative estimate of drug-likeness (QED) is 0.383. The third-order valence-corrected chi connectivity index (χ3v) is 3.78. The number of nitrogens with zero attached hydrogens (tertiary/aromatic N) is 4. The summed E-state index contributed by atoms with van der Waals surface area (Å²) in [6.45, 7) is 2.01. The number of aryl methyl sites for hydroxylation is 1. The average Bonchev–Trinajstić information content (AvgIpc) is 2.86. The third-order valence-electron chi connectivity index (χ3n) is 2.05. The molecule has 2 aromatic rings. The van der Waals surface area contributed by atoms with Gasteiger partial charge in [-0.25, -0.2) is 9.97 Å². The van der Waals surface area contributed by atoms with E-state index in [9.17, 15) is 0 Å². The van der Waals surface area contributed by atoms with Crippen molar-refractivity contribution in [2.75, 3.05) is 0 Å². The van der Waals surface area contributed by atoms with Crippen LogP contribution >= 0.6 is 23.3 Å². The summed E-state index contributed by atoms with van der Waals surface area (Å²) in [4.78, 5) is 8.60. The predicted molar refractivity (Wildman–Crippen MR) is 70.2 cm³/mol. The van der Waals surface area contributed by atoms with Gasteiger partial charge in [0, 0.05) is 6.42 Å². The highest BCUT2D eigenvalue weighted by Gasteiger charge is 2.07. The number of aromatic nitrogens is 3. The normalized spacial score (nSPS) is 11.7. The van der Waals surface area contributed by atoms with Crippen molar-refractivity contribution in [1.29, 1.82) is 0 Å². The number of oxime groups is 1. The van der Waals surface area contributed by atoms with Gasteiger partial charge in [-0.2, -0.15) is 4.37 Å².